The normalized spacial score (nSPS) is 13.2. The zero-order valence-electron chi connectivity index (χ0n) is 10.8. The van der Waals surface area contributed by atoms with Gasteiger partial charge >= 0.3 is 0 Å². The van der Waals surface area contributed by atoms with Gasteiger partial charge in [0.2, 0.25) is 0 Å². The molecule has 4 nitrogen and oxygen atoms in total. The van der Waals surface area contributed by atoms with Crippen LogP contribution in [0.1, 0.15) is 16.1 Å². The molecule has 0 bridgehead atoms. The lowest BCUT2D eigenvalue weighted by molar-refractivity contribution is 0.0958. The summed E-state index contributed by atoms with van der Waals surface area (Å²) in [7, 11) is 1.61. The van der Waals surface area contributed by atoms with Gasteiger partial charge in [0, 0.05) is 19.3 Å². The molecule has 1 aliphatic heterocycles. The van der Waals surface area contributed by atoms with Crippen LogP contribution in [0.2, 0.25) is 0 Å². The van der Waals surface area contributed by atoms with Crippen LogP contribution in [-0.4, -0.2) is 24.5 Å². The smallest absolute Gasteiger partial charge is 0.269 e. The zero-order chi connectivity index (χ0) is 13.2. The van der Waals surface area contributed by atoms with E-state index in [1.165, 1.54) is 11.3 Å². The molecule has 0 spiro atoms. The van der Waals surface area contributed by atoms with E-state index < -0.39 is 0 Å². The lowest BCUT2D eigenvalue weighted by atomic mass is 10.2. The summed E-state index contributed by atoms with van der Waals surface area (Å²) in [5, 5.41) is 2.60. The first kappa shape index (κ1) is 11.7. The van der Waals surface area contributed by atoms with Gasteiger partial charge in [-0.25, -0.2) is 4.98 Å². The molecule has 2 aromatic rings. The first-order chi connectivity index (χ1) is 9.29. The van der Waals surface area contributed by atoms with Gasteiger partial charge in [-0.3, -0.25) is 4.79 Å². The second-order valence-electron chi connectivity index (χ2n) is 4.49. The van der Waals surface area contributed by atoms with Crippen LogP contribution in [-0.2, 0) is 6.42 Å². The summed E-state index contributed by atoms with van der Waals surface area (Å²) in [6.07, 6.45) is 1.02. The molecular weight excluding hydrogens is 238 g/mol. The Labute approximate surface area is 112 Å². The Kier molecular flexibility index (Phi) is 2.91. The molecule has 0 atom stereocenters. The lowest BCUT2D eigenvalue weighted by Gasteiger charge is -2.18. The van der Waals surface area contributed by atoms with Crippen molar-refractivity contribution >= 4 is 17.4 Å². The van der Waals surface area contributed by atoms with E-state index in [0.717, 1.165) is 18.8 Å². The van der Waals surface area contributed by atoms with Crippen LogP contribution in [0.5, 0.6) is 0 Å². The van der Waals surface area contributed by atoms with Crippen LogP contribution >= 0.6 is 0 Å². The number of carbonyl (C=O) groups is 1. The Morgan fingerprint density at radius 1 is 1.21 bits per heavy atom. The minimum absolute atomic E-state index is 0.158. The van der Waals surface area contributed by atoms with E-state index in [1.807, 2.05) is 18.2 Å². The number of pyridine rings is 1. The predicted molar refractivity (Wildman–Crippen MR) is 74.8 cm³/mol. The highest BCUT2D eigenvalue weighted by molar-refractivity contribution is 5.92. The number of nitrogens with one attached hydrogen (secondary N) is 1. The largest absolute Gasteiger partial charge is 0.354 e. The summed E-state index contributed by atoms with van der Waals surface area (Å²) < 4.78 is 0. The summed E-state index contributed by atoms with van der Waals surface area (Å²) in [5.41, 5.74) is 2.96. The molecule has 0 radical (unpaired) electrons. The molecule has 96 valence electrons. The minimum atomic E-state index is -0.158. The molecule has 1 N–H and O–H groups in total. The van der Waals surface area contributed by atoms with Gasteiger partial charge in [-0.2, -0.15) is 0 Å². The number of fused-ring (bicyclic) bond motifs is 1. The Balaban J connectivity index is 1.98. The standard InChI is InChI=1S/C15H15N3O/c1-16-15(19)12-6-4-8-14(17-12)18-10-9-11-5-2-3-7-13(11)18/h2-8H,9-10H2,1H3,(H,16,19). The number of hydrogen-bond donors (Lipinski definition) is 1. The number of para-hydroxylation sites is 1. The van der Waals surface area contributed by atoms with Crippen LogP contribution in [0.4, 0.5) is 11.5 Å². The molecule has 1 amide bonds. The summed E-state index contributed by atoms with van der Waals surface area (Å²) in [4.78, 5) is 18.2. The maximum atomic E-state index is 11.6. The van der Waals surface area contributed by atoms with Crippen molar-refractivity contribution < 1.29 is 4.79 Å². The summed E-state index contributed by atoms with van der Waals surface area (Å²) >= 11 is 0. The first-order valence-corrected chi connectivity index (χ1v) is 6.34. The number of benzene rings is 1. The van der Waals surface area contributed by atoms with Gasteiger partial charge in [0.25, 0.3) is 5.91 Å². The third-order valence-corrected chi connectivity index (χ3v) is 3.36. The van der Waals surface area contributed by atoms with Crippen molar-refractivity contribution in [1.82, 2.24) is 10.3 Å². The molecule has 1 aromatic carbocycles. The number of anilines is 2. The van der Waals surface area contributed by atoms with Gasteiger partial charge in [0.15, 0.2) is 0 Å². The Bertz CT molecular complexity index is 624. The zero-order valence-corrected chi connectivity index (χ0v) is 10.8. The van der Waals surface area contributed by atoms with Crippen LogP contribution in [0.25, 0.3) is 0 Å². The average molecular weight is 253 g/mol. The van der Waals surface area contributed by atoms with E-state index in [0.29, 0.717) is 5.69 Å². The van der Waals surface area contributed by atoms with Crippen LogP contribution in [0.3, 0.4) is 0 Å². The minimum Gasteiger partial charge on any atom is -0.354 e. The van der Waals surface area contributed by atoms with Crippen molar-refractivity contribution in [2.75, 3.05) is 18.5 Å². The van der Waals surface area contributed by atoms with E-state index in [4.69, 9.17) is 0 Å². The molecule has 2 heterocycles. The van der Waals surface area contributed by atoms with Gasteiger partial charge in [-0.1, -0.05) is 24.3 Å². The van der Waals surface area contributed by atoms with Gasteiger partial charge < -0.3 is 10.2 Å². The van der Waals surface area contributed by atoms with Crippen molar-refractivity contribution in [3.63, 3.8) is 0 Å². The third kappa shape index (κ3) is 2.05. The number of rotatable bonds is 2. The first-order valence-electron chi connectivity index (χ1n) is 6.34. The fourth-order valence-electron chi connectivity index (χ4n) is 2.40. The second kappa shape index (κ2) is 4.72. The molecule has 4 heteroatoms. The number of nitrogens with zero attached hydrogens (tertiary/aromatic N) is 2. The summed E-state index contributed by atoms with van der Waals surface area (Å²) in [5.74, 6) is 0.667. The molecule has 1 aliphatic rings. The Morgan fingerprint density at radius 3 is 2.89 bits per heavy atom. The fourth-order valence-corrected chi connectivity index (χ4v) is 2.40. The van der Waals surface area contributed by atoms with Gasteiger partial charge in [-0.05, 0) is 30.2 Å². The average Bonchev–Trinajstić information content (AvgIpc) is 2.90. The highest BCUT2D eigenvalue weighted by Crippen LogP contribution is 2.32. The second-order valence-corrected chi connectivity index (χ2v) is 4.49. The van der Waals surface area contributed by atoms with Crippen LogP contribution in [0, 0.1) is 0 Å². The molecule has 0 saturated heterocycles. The van der Waals surface area contributed by atoms with Crippen LogP contribution in [0.15, 0.2) is 42.5 Å². The third-order valence-electron chi connectivity index (χ3n) is 3.36. The molecule has 3 rings (SSSR count). The van der Waals surface area contributed by atoms with Crippen LogP contribution < -0.4 is 10.2 Å². The number of carbonyl (C=O) groups excluding carboxylic acids is 1. The number of hydrogen-bond acceptors (Lipinski definition) is 3. The Morgan fingerprint density at radius 2 is 2.05 bits per heavy atom. The molecule has 0 saturated carbocycles. The molecule has 0 aliphatic carbocycles. The molecule has 1 aromatic heterocycles. The molecule has 0 unspecified atom stereocenters. The maximum Gasteiger partial charge on any atom is 0.269 e. The van der Waals surface area contributed by atoms with Crippen molar-refractivity contribution in [1.29, 1.82) is 0 Å². The van der Waals surface area contributed by atoms with E-state index in [2.05, 4.69) is 33.4 Å². The monoisotopic (exact) mass is 253 g/mol. The van der Waals surface area contributed by atoms with Gasteiger partial charge in [0.1, 0.15) is 11.5 Å². The van der Waals surface area contributed by atoms with Crippen molar-refractivity contribution in [2.45, 2.75) is 6.42 Å². The molecule has 19 heavy (non-hydrogen) atoms. The van der Waals surface area contributed by atoms with E-state index in [-0.39, 0.29) is 5.91 Å². The van der Waals surface area contributed by atoms with Crippen molar-refractivity contribution in [3.05, 3.63) is 53.7 Å². The van der Waals surface area contributed by atoms with Crippen molar-refractivity contribution in [3.8, 4) is 0 Å². The summed E-state index contributed by atoms with van der Waals surface area (Å²) in [6, 6.07) is 13.8. The fraction of sp³-hybridized carbons (Fsp3) is 0.200. The quantitative estimate of drug-likeness (QED) is 0.891. The topological polar surface area (TPSA) is 45.2 Å². The highest BCUT2D eigenvalue weighted by atomic mass is 16.1. The SMILES string of the molecule is CNC(=O)c1cccc(N2CCc3ccccc32)n1. The van der Waals surface area contributed by atoms with E-state index >= 15 is 0 Å². The lowest BCUT2D eigenvalue weighted by Crippen LogP contribution is -2.21. The number of aromatic nitrogens is 1. The molecule has 0 fully saturated rings. The van der Waals surface area contributed by atoms with Gasteiger partial charge in [-0.15, -0.1) is 0 Å². The predicted octanol–water partition coefficient (Wildman–Crippen LogP) is 2.14. The highest BCUT2D eigenvalue weighted by Gasteiger charge is 2.21. The van der Waals surface area contributed by atoms with E-state index in [9.17, 15) is 4.79 Å². The van der Waals surface area contributed by atoms with E-state index in [1.54, 1.807) is 13.1 Å². The Hall–Kier alpha value is -2.36. The van der Waals surface area contributed by atoms with Crippen molar-refractivity contribution in [2.24, 2.45) is 0 Å². The molecular formula is C15H15N3O. The van der Waals surface area contributed by atoms with Gasteiger partial charge in [0.05, 0.1) is 0 Å². The maximum absolute atomic E-state index is 11.6. The number of amides is 1. The summed E-state index contributed by atoms with van der Waals surface area (Å²) in [6.45, 7) is 0.906.